The lowest BCUT2D eigenvalue weighted by Crippen LogP contribution is -2.33. The van der Waals surface area contributed by atoms with Crippen LogP contribution in [0.3, 0.4) is 0 Å². The summed E-state index contributed by atoms with van der Waals surface area (Å²) in [4.78, 5) is 26.7. The van der Waals surface area contributed by atoms with Crippen molar-refractivity contribution in [1.29, 1.82) is 0 Å². The number of benzene rings is 2. The Hall–Kier alpha value is -2.42. The summed E-state index contributed by atoms with van der Waals surface area (Å²) in [6, 6.07) is 11.4. The zero-order valence-electron chi connectivity index (χ0n) is 17.6. The van der Waals surface area contributed by atoms with E-state index in [4.69, 9.17) is 11.6 Å². The van der Waals surface area contributed by atoms with Crippen molar-refractivity contribution < 1.29 is 18.0 Å². The lowest BCUT2D eigenvalue weighted by atomic mass is 10.2. The zero-order chi connectivity index (χ0) is 22.6. The molecule has 0 aromatic heterocycles. The van der Waals surface area contributed by atoms with E-state index in [9.17, 15) is 18.0 Å². The highest BCUT2D eigenvalue weighted by Gasteiger charge is 2.28. The highest BCUT2D eigenvalue weighted by Crippen LogP contribution is 2.31. The normalized spacial score (nSPS) is 13.4. The van der Waals surface area contributed by atoms with Crippen LogP contribution in [0, 0.1) is 0 Å². The Morgan fingerprint density at radius 1 is 1.10 bits per heavy atom. The van der Waals surface area contributed by atoms with Gasteiger partial charge in [0.15, 0.2) is 0 Å². The van der Waals surface area contributed by atoms with Gasteiger partial charge in [-0.3, -0.25) is 9.59 Å². The summed E-state index contributed by atoms with van der Waals surface area (Å²) in [6.07, 6.45) is 0.748. The monoisotopic (exact) mass is 463 g/mol. The first-order chi connectivity index (χ1) is 14.8. The minimum Gasteiger partial charge on any atom is -0.352 e. The van der Waals surface area contributed by atoms with Crippen molar-refractivity contribution in [3.63, 3.8) is 0 Å². The number of carbonyl (C=O) groups is 2. The van der Waals surface area contributed by atoms with Gasteiger partial charge in [-0.05, 0) is 54.4 Å². The van der Waals surface area contributed by atoms with Crippen LogP contribution in [-0.2, 0) is 21.2 Å². The van der Waals surface area contributed by atoms with Crippen LogP contribution in [0.5, 0.6) is 0 Å². The molecule has 0 saturated heterocycles. The van der Waals surface area contributed by atoms with Crippen LogP contribution in [0.15, 0.2) is 47.4 Å². The van der Waals surface area contributed by atoms with Crippen molar-refractivity contribution >= 4 is 39.1 Å². The van der Waals surface area contributed by atoms with E-state index in [1.165, 1.54) is 4.31 Å². The second-order valence-electron chi connectivity index (χ2n) is 7.19. The molecule has 7 nitrogen and oxygen atoms in total. The molecule has 1 aliphatic heterocycles. The number of sulfonamides is 1. The molecular formula is C22H26ClN3O4S. The molecule has 9 heteroatoms. The fourth-order valence-electron chi connectivity index (χ4n) is 3.63. The first-order valence-corrected chi connectivity index (χ1v) is 12.1. The lowest BCUT2D eigenvalue weighted by Gasteiger charge is -2.20. The van der Waals surface area contributed by atoms with Crippen LogP contribution in [0.4, 0.5) is 5.69 Å². The van der Waals surface area contributed by atoms with Gasteiger partial charge in [-0.15, -0.1) is 0 Å². The molecule has 166 valence electrons. The molecule has 1 N–H and O–H groups in total. The minimum absolute atomic E-state index is 0.116. The van der Waals surface area contributed by atoms with E-state index in [0.717, 1.165) is 11.3 Å². The maximum Gasteiger partial charge on any atom is 0.251 e. The van der Waals surface area contributed by atoms with Gasteiger partial charge >= 0.3 is 0 Å². The van der Waals surface area contributed by atoms with Crippen LogP contribution in [-0.4, -0.2) is 50.7 Å². The number of rotatable bonds is 8. The number of hydrogen-bond acceptors (Lipinski definition) is 4. The van der Waals surface area contributed by atoms with Crippen LogP contribution < -0.4 is 10.2 Å². The first kappa shape index (κ1) is 23.2. The molecule has 0 aliphatic carbocycles. The third kappa shape index (κ3) is 5.08. The Labute approximate surface area is 188 Å². The van der Waals surface area contributed by atoms with E-state index < -0.39 is 10.0 Å². The van der Waals surface area contributed by atoms with E-state index in [2.05, 4.69) is 5.32 Å². The van der Waals surface area contributed by atoms with Crippen molar-refractivity contribution in [1.82, 2.24) is 9.62 Å². The van der Waals surface area contributed by atoms with Crippen molar-refractivity contribution in [2.75, 3.05) is 31.1 Å². The molecule has 0 spiro atoms. The molecule has 0 unspecified atom stereocenters. The van der Waals surface area contributed by atoms with Gasteiger partial charge in [-0.1, -0.05) is 25.4 Å². The predicted octanol–water partition coefficient (Wildman–Crippen LogP) is 3.08. The summed E-state index contributed by atoms with van der Waals surface area (Å²) in [5.74, 6) is -0.382. The molecule has 1 aliphatic rings. The van der Waals surface area contributed by atoms with Gasteiger partial charge in [-0.2, -0.15) is 4.31 Å². The topological polar surface area (TPSA) is 86.8 Å². The van der Waals surface area contributed by atoms with E-state index in [0.29, 0.717) is 36.6 Å². The van der Waals surface area contributed by atoms with Crippen molar-refractivity contribution in [2.45, 2.75) is 31.6 Å². The van der Waals surface area contributed by atoms with Crippen LogP contribution >= 0.6 is 11.6 Å². The molecule has 1 heterocycles. The van der Waals surface area contributed by atoms with Gasteiger partial charge in [0.2, 0.25) is 15.9 Å². The number of amides is 2. The molecule has 0 bridgehead atoms. The summed E-state index contributed by atoms with van der Waals surface area (Å²) in [5, 5.41) is 3.29. The van der Waals surface area contributed by atoms with Crippen molar-refractivity contribution in [3.05, 3.63) is 58.6 Å². The molecule has 3 rings (SSSR count). The van der Waals surface area contributed by atoms with E-state index in [1.54, 1.807) is 61.2 Å². The highest BCUT2D eigenvalue weighted by molar-refractivity contribution is 7.89. The van der Waals surface area contributed by atoms with Gasteiger partial charge in [0, 0.05) is 48.9 Å². The third-order valence-corrected chi connectivity index (χ3v) is 7.62. The second kappa shape index (κ2) is 9.80. The van der Waals surface area contributed by atoms with Gasteiger partial charge in [0.25, 0.3) is 5.91 Å². The Bertz CT molecular complexity index is 1070. The van der Waals surface area contributed by atoms with Gasteiger partial charge in [0.1, 0.15) is 0 Å². The third-order valence-electron chi connectivity index (χ3n) is 5.32. The largest absolute Gasteiger partial charge is 0.352 e. The maximum atomic E-state index is 12.7. The Morgan fingerprint density at radius 3 is 2.42 bits per heavy atom. The summed E-state index contributed by atoms with van der Waals surface area (Å²) in [5.41, 5.74) is 2.05. The van der Waals surface area contributed by atoms with E-state index >= 15 is 0 Å². The van der Waals surface area contributed by atoms with E-state index in [-0.39, 0.29) is 29.7 Å². The number of carbonyl (C=O) groups excluding carboxylic acids is 2. The number of nitrogens with one attached hydrogen (secondary N) is 1. The Balaban J connectivity index is 1.62. The quantitative estimate of drug-likeness (QED) is 0.651. The lowest BCUT2D eigenvalue weighted by molar-refractivity contribution is -0.118. The number of anilines is 1. The van der Waals surface area contributed by atoms with Crippen molar-refractivity contribution in [3.8, 4) is 0 Å². The maximum absolute atomic E-state index is 12.7. The molecule has 0 saturated carbocycles. The predicted molar refractivity (Wildman–Crippen MR) is 121 cm³/mol. The van der Waals surface area contributed by atoms with Crippen LogP contribution in [0.1, 0.15) is 36.2 Å². The first-order valence-electron chi connectivity index (χ1n) is 10.2. The standard InChI is InChI=1S/C22H26ClN3O4S/c1-3-25(4-2)31(29,30)19-9-10-20-17(15-19)12-14-26(20)21(27)11-13-24-22(28)16-5-7-18(23)8-6-16/h5-10,15H,3-4,11-14H2,1-2H3,(H,24,28). The molecule has 2 aromatic carbocycles. The SMILES string of the molecule is CCN(CC)S(=O)(=O)c1ccc2c(c1)CCN2C(=O)CCNC(=O)c1ccc(Cl)cc1. The van der Waals surface area contributed by atoms with E-state index in [1.807, 2.05) is 0 Å². The van der Waals surface area contributed by atoms with Crippen LogP contribution in [0.25, 0.3) is 0 Å². The summed E-state index contributed by atoms with van der Waals surface area (Å²) in [7, 11) is -3.54. The molecule has 0 atom stereocenters. The molecular weight excluding hydrogens is 438 g/mol. The summed E-state index contributed by atoms with van der Waals surface area (Å²) < 4.78 is 26.9. The molecule has 2 aromatic rings. The highest BCUT2D eigenvalue weighted by atomic mass is 35.5. The number of fused-ring (bicyclic) bond motifs is 1. The van der Waals surface area contributed by atoms with Gasteiger partial charge in [0.05, 0.1) is 4.90 Å². The molecule has 0 fully saturated rings. The summed E-state index contributed by atoms with van der Waals surface area (Å²) in [6.45, 7) is 5.13. The molecule has 2 amide bonds. The van der Waals surface area contributed by atoms with Crippen molar-refractivity contribution in [2.24, 2.45) is 0 Å². The zero-order valence-corrected chi connectivity index (χ0v) is 19.2. The number of hydrogen-bond donors (Lipinski definition) is 1. The average molecular weight is 464 g/mol. The van der Waals surface area contributed by atoms with Crippen LogP contribution in [0.2, 0.25) is 5.02 Å². The number of nitrogens with zero attached hydrogens (tertiary/aromatic N) is 2. The second-order valence-corrected chi connectivity index (χ2v) is 9.56. The fourth-order valence-corrected chi connectivity index (χ4v) is 5.27. The Morgan fingerprint density at radius 2 is 1.77 bits per heavy atom. The fraction of sp³-hybridized carbons (Fsp3) is 0.364. The summed E-state index contributed by atoms with van der Waals surface area (Å²) >= 11 is 5.82. The van der Waals surface area contributed by atoms with Gasteiger partial charge in [-0.25, -0.2) is 8.42 Å². The molecule has 0 radical (unpaired) electrons. The average Bonchev–Trinajstić information content (AvgIpc) is 3.18. The van der Waals surface area contributed by atoms with Gasteiger partial charge < -0.3 is 10.2 Å². The smallest absolute Gasteiger partial charge is 0.251 e. The minimum atomic E-state index is -3.54. The number of halogens is 1. The molecule has 31 heavy (non-hydrogen) atoms. The Kier molecular flexibility index (Phi) is 7.35.